The number of fused-ring (bicyclic) bond motifs is 1. The van der Waals surface area contributed by atoms with Gasteiger partial charge in [0.25, 0.3) is 5.56 Å². The van der Waals surface area contributed by atoms with Crippen molar-refractivity contribution in [2.75, 3.05) is 11.1 Å². The van der Waals surface area contributed by atoms with Crippen LogP contribution in [0.3, 0.4) is 0 Å². The Kier molecular flexibility index (Phi) is 6.01. The zero-order valence-electron chi connectivity index (χ0n) is 15.7. The minimum Gasteiger partial charge on any atom is -0.360 e. The standard InChI is InChI=1S/C18H22N4O3S2/c1-5-9(2)6-12-11(4)27-17-15(12)16(24)20-18(21-17)26-8-14(23)19-13-7-10(3)25-22-13/h7,9H,5-6,8H2,1-4H3,(H,19,22,23)(H,20,21,24)/t9-/m1/s1. The van der Waals surface area contributed by atoms with Crippen LogP contribution in [-0.2, 0) is 11.2 Å². The molecule has 144 valence electrons. The number of hydrogen-bond acceptors (Lipinski definition) is 7. The van der Waals surface area contributed by atoms with E-state index in [1.165, 1.54) is 23.1 Å². The number of carbonyl (C=O) groups is 1. The molecule has 3 aromatic heterocycles. The fraction of sp³-hybridized carbons (Fsp3) is 0.444. The Balaban J connectivity index is 1.74. The SMILES string of the molecule is CC[C@@H](C)Cc1c(C)sc2nc(SCC(=O)Nc3cc(C)on3)[nH]c(=O)c12. The number of thiophene rings is 1. The second kappa shape index (κ2) is 8.26. The summed E-state index contributed by atoms with van der Waals surface area (Å²) in [6, 6.07) is 1.64. The third-order valence-corrected chi connectivity index (χ3v) is 6.24. The summed E-state index contributed by atoms with van der Waals surface area (Å²) >= 11 is 2.72. The molecule has 3 aromatic rings. The first kappa shape index (κ1) is 19.6. The second-order valence-corrected chi connectivity index (χ2v) is 8.73. The van der Waals surface area contributed by atoms with Crippen molar-refractivity contribution in [1.82, 2.24) is 15.1 Å². The first-order valence-electron chi connectivity index (χ1n) is 8.75. The average Bonchev–Trinajstić information content (AvgIpc) is 3.16. The maximum atomic E-state index is 12.6. The maximum absolute atomic E-state index is 12.6. The van der Waals surface area contributed by atoms with Gasteiger partial charge in [0.05, 0.1) is 11.1 Å². The molecule has 0 radical (unpaired) electrons. The monoisotopic (exact) mass is 406 g/mol. The molecule has 3 rings (SSSR count). The zero-order valence-corrected chi connectivity index (χ0v) is 17.3. The van der Waals surface area contributed by atoms with E-state index < -0.39 is 0 Å². The summed E-state index contributed by atoms with van der Waals surface area (Å²) in [6.07, 6.45) is 1.94. The molecule has 0 fully saturated rings. The molecule has 0 saturated carbocycles. The van der Waals surface area contributed by atoms with Crippen molar-refractivity contribution in [2.45, 2.75) is 45.7 Å². The van der Waals surface area contributed by atoms with Crippen LogP contribution in [0.4, 0.5) is 5.82 Å². The Morgan fingerprint density at radius 3 is 2.89 bits per heavy atom. The summed E-state index contributed by atoms with van der Waals surface area (Å²) in [7, 11) is 0. The summed E-state index contributed by atoms with van der Waals surface area (Å²) in [5.41, 5.74) is 0.950. The van der Waals surface area contributed by atoms with Gasteiger partial charge in [-0.3, -0.25) is 9.59 Å². The van der Waals surface area contributed by atoms with Crippen LogP contribution in [0.1, 0.15) is 36.5 Å². The van der Waals surface area contributed by atoms with Crippen LogP contribution in [0.25, 0.3) is 10.2 Å². The molecule has 27 heavy (non-hydrogen) atoms. The Morgan fingerprint density at radius 1 is 1.44 bits per heavy atom. The average molecular weight is 407 g/mol. The number of anilines is 1. The molecule has 3 heterocycles. The first-order valence-corrected chi connectivity index (χ1v) is 10.6. The van der Waals surface area contributed by atoms with Gasteiger partial charge < -0.3 is 14.8 Å². The summed E-state index contributed by atoms with van der Waals surface area (Å²) in [6.45, 7) is 8.12. The lowest BCUT2D eigenvalue weighted by Gasteiger charge is -2.08. The number of aromatic amines is 1. The highest BCUT2D eigenvalue weighted by Crippen LogP contribution is 2.30. The number of hydrogen-bond donors (Lipinski definition) is 2. The highest BCUT2D eigenvalue weighted by Gasteiger charge is 2.17. The van der Waals surface area contributed by atoms with Crippen LogP contribution in [-0.4, -0.2) is 26.8 Å². The molecule has 0 saturated heterocycles. The van der Waals surface area contributed by atoms with E-state index in [1.807, 2.05) is 6.92 Å². The summed E-state index contributed by atoms with van der Waals surface area (Å²) in [5, 5.41) is 7.49. The number of aromatic nitrogens is 3. The molecule has 0 aliphatic rings. The van der Waals surface area contributed by atoms with Crippen molar-refractivity contribution in [3.8, 4) is 0 Å². The van der Waals surface area contributed by atoms with E-state index in [2.05, 4.69) is 34.3 Å². The molecule has 9 heteroatoms. The Morgan fingerprint density at radius 2 is 2.22 bits per heavy atom. The van der Waals surface area contributed by atoms with E-state index in [9.17, 15) is 9.59 Å². The van der Waals surface area contributed by atoms with Crippen molar-refractivity contribution >= 4 is 45.0 Å². The van der Waals surface area contributed by atoms with Gasteiger partial charge in [-0.25, -0.2) is 4.98 Å². The first-order chi connectivity index (χ1) is 12.9. The summed E-state index contributed by atoms with van der Waals surface area (Å²) < 4.78 is 4.91. The van der Waals surface area contributed by atoms with Gasteiger partial charge in [0.15, 0.2) is 11.0 Å². The van der Waals surface area contributed by atoms with Crippen molar-refractivity contribution < 1.29 is 9.32 Å². The number of carbonyl (C=O) groups excluding carboxylic acids is 1. The molecule has 0 aromatic carbocycles. The number of nitrogens with zero attached hydrogens (tertiary/aromatic N) is 2. The predicted octanol–water partition coefficient (Wildman–Crippen LogP) is 3.91. The molecule has 0 spiro atoms. The van der Waals surface area contributed by atoms with E-state index in [4.69, 9.17) is 4.52 Å². The van der Waals surface area contributed by atoms with Crippen molar-refractivity contribution in [3.63, 3.8) is 0 Å². The lowest BCUT2D eigenvalue weighted by Crippen LogP contribution is -2.16. The van der Waals surface area contributed by atoms with Crippen LogP contribution in [0.15, 0.2) is 20.5 Å². The number of aryl methyl sites for hydroxylation is 2. The van der Waals surface area contributed by atoms with Gasteiger partial charge in [-0.15, -0.1) is 11.3 Å². The third kappa shape index (κ3) is 4.59. The number of rotatable bonds is 7. The largest absolute Gasteiger partial charge is 0.360 e. The van der Waals surface area contributed by atoms with E-state index in [-0.39, 0.29) is 17.2 Å². The molecule has 0 aliphatic heterocycles. The fourth-order valence-corrected chi connectivity index (χ4v) is 4.47. The normalized spacial score (nSPS) is 12.4. The number of nitrogens with one attached hydrogen (secondary N) is 2. The van der Waals surface area contributed by atoms with Gasteiger partial charge in [0.1, 0.15) is 10.6 Å². The fourth-order valence-electron chi connectivity index (χ4n) is 2.70. The predicted molar refractivity (Wildman–Crippen MR) is 109 cm³/mol. The molecule has 0 aliphatic carbocycles. The van der Waals surface area contributed by atoms with Gasteiger partial charge in [-0.2, -0.15) is 0 Å². The highest BCUT2D eigenvalue weighted by molar-refractivity contribution is 7.99. The summed E-state index contributed by atoms with van der Waals surface area (Å²) in [5.74, 6) is 1.38. The Labute approximate surface area is 164 Å². The van der Waals surface area contributed by atoms with Crippen molar-refractivity contribution in [1.29, 1.82) is 0 Å². The van der Waals surface area contributed by atoms with E-state index in [0.29, 0.717) is 28.0 Å². The van der Waals surface area contributed by atoms with E-state index in [0.717, 1.165) is 28.1 Å². The lowest BCUT2D eigenvalue weighted by molar-refractivity contribution is -0.113. The van der Waals surface area contributed by atoms with Crippen LogP contribution in [0.2, 0.25) is 0 Å². The summed E-state index contributed by atoms with van der Waals surface area (Å²) in [4.78, 5) is 33.9. The van der Waals surface area contributed by atoms with Crippen molar-refractivity contribution in [2.24, 2.45) is 5.92 Å². The van der Waals surface area contributed by atoms with Crippen LogP contribution >= 0.6 is 23.1 Å². The minimum atomic E-state index is -0.240. The molecule has 2 N–H and O–H groups in total. The lowest BCUT2D eigenvalue weighted by atomic mass is 9.98. The van der Waals surface area contributed by atoms with Gasteiger partial charge in [-0.05, 0) is 31.7 Å². The molecule has 1 atom stereocenters. The molecule has 1 amide bonds. The van der Waals surface area contributed by atoms with Gasteiger partial charge in [0.2, 0.25) is 5.91 Å². The van der Waals surface area contributed by atoms with Crippen LogP contribution in [0.5, 0.6) is 0 Å². The van der Waals surface area contributed by atoms with E-state index >= 15 is 0 Å². The molecular formula is C18H22N4O3S2. The Hall–Kier alpha value is -2.13. The Bertz CT molecular complexity index is 1020. The van der Waals surface area contributed by atoms with Crippen molar-refractivity contribution in [3.05, 3.63) is 32.6 Å². The van der Waals surface area contributed by atoms with Crippen LogP contribution in [0, 0.1) is 19.8 Å². The number of thioether (sulfide) groups is 1. The molecule has 0 bridgehead atoms. The van der Waals surface area contributed by atoms with Gasteiger partial charge in [0, 0.05) is 10.9 Å². The highest BCUT2D eigenvalue weighted by atomic mass is 32.2. The topological polar surface area (TPSA) is 101 Å². The molecular weight excluding hydrogens is 384 g/mol. The maximum Gasteiger partial charge on any atom is 0.260 e. The second-order valence-electron chi connectivity index (χ2n) is 6.57. The minimum absolute atomic E-state index is 0.116. The third-order valence-electron chi connectivity index (χ3n) is 4.33. The zero-order chi connectivity index (χ0) is 19.6. The van der Waals surface area contributed by atoms with Gasteiger partial charge >= 0.3 is 0 Å². The number of amides is 1. The van der Waals surface area contributed by atoms with Crippen LogP contribution < -0.4 is 10.9 Å². The number of H-pyrrole nitrogens is 1. The van der Waals surface area contributed by atoms with E-state index in [1.54, 1.807) is 13.0 Å². The van der Waals surface area contributed by atoms with Gasteiger partial charge in [-0.1, -0.05) is 37.2 Å². The molecule has 0 unspecified atom stereocenters. The molecule has 7 nitrogen and oxygen atoms in total. The quantitative estimate of drug-likeness (QED) is 0.456. The smallest absolute Gasteiger partial charge is 0.260 e.